The van der Waals surface area contributed by atoms with Gasteiger partial charge < -0.3 is 14.7 Å². The number of nitrogens with zero attached hydrogens (tertiary/aromatic N) is 5. The molecule has 7 nitrogen and oxygen atoms in total. The Morgan fingerprint density at radius 2 is 2.00 bits per heavy atom. The van der Waals surface area contributed by atoms with Crippen LogP contribution >= 0.6 is 11.6 Å². The largest absolute Gasteiger partial charge is 0.461 e. The predicted octanol–water partition coefficient (Wildman–Crippen LogP) is 3.51. The van der Waals surface area contributed by atoms with Crippen LogP contribution in [0, 0.1) is 11.2 Å². The average molecular weight is 480 g/mol. The second-order valence-corrected chi connectivity index (χ2v) is 10.8. The zero-order chi connectivity index (χ0) is 22.8. The van der Waals surface area contributed by atoms with Gasteiger partial charge in [-0.25, -0.2) is 18.7 Å². The number of pyridine rings is 1. The molecule has 10 heteroatoms. The topological polar surface area (TPSA) is 74.6 Å². The number of aliphatic hydroxyl groups excluding tert-OH is 1. The molecule has 33 heavy (non-hydrogen) atoms. The van der Waals surface area contributed by atoms with Gasteiger partial charge in [-0.1, -0.05) is 11.6 Å². The van der Waals surface area contributed by atoms with Crippen LogP contribution in [0.5, 0.6) is 6.01 Å². The van der Waals surface area contributed by atoms with Crippen molar-refractivity contribution in [1.82, 2.24) is 19.9 Å². The second kappa shape index (κ2) is 7.85. The van der Waals surface area contributed by atoms with Crippen molar-refractivity contribution in [1.29, 1.82) is 0 Å². The van der Waals surface area contributed by atoms with Gasteiger partial charge in [0.25, 0.3) is 0 Å². The molecule has 1 N–H and O–H groups in total. The molecule has 2 aromatic rings. The average Bonchev–Trinajstić information content (AvgIpc) is 3.30. The van der Waals surface area contributed by atoms with E-state index < -0.39 is 12.0 Å². The van der Waals surface area contributed by atoms with Gasteiger partial charge in [0, 0.05) is 32.3 Å². The Kier molecular flexibility index (Phi) is 5.16. The van der Waals surface area contributed by atoms with Crippen molar-refractivity contribution < 1.29 is 18.6 Å². The van der Waals surface area contributed by atoms with E-state index in [1.165, 1.54) is 0 Å². The first-order valence-corrected chi connectivity index (χ1v) is 12.2. The Morgan fingerprint density at radius 1 is 1.18 bits per heavy atom. The standard InChI is InChI=1S/C23H28ClF2N5O2/c24-19-17(26)18-16(20(29-19)30-5-1-3-22(12-30)8-15(32)9-22)10-27-21(28-18)33-13-23-4-2-6-31(23)11-14(25)7-23/h10,14-15,32H,1-9,11-13H2/t14-,15?,22?,23+/m1/s1. The van der Waals surface area contributed by atoms with Crippen molar-refractivity contribution in [2.75, 3.05) is 37.7 Å². The van der Waals surface area contributed by atoms with Crippen LogP contribution < -0.4 is 9.64 Å². The minimum absolute atomic E-state index is 0.0652. The van der Waals surface area contributed by atoms with Crippen molar-refractivity contribution in [3.05, 3.63) is 17.2 Å². The molecule has 5 heterocycles. The van der Waals surface area contributed by atoms with Crippen LogP contribution in [0.3, 0.4) is 0 Å². The molecule has 1 aliphatic carbocycles. The maximum Gasteiger partial charge on any atom is 0.317 e. The third-order valence-corrected chi connectivity index (χ3v) is 8.38. The molecule has 4 fully saturated rings. The third-order valence-electron chi connectivity index (χ3n) is 8.13. The van der Waals surface area contributed by atoms with E-state index in [4.69, 9.17) is 16.3 Å². The maximum absolute atomic E-state index is 15.0. The summed E-state index contributed by atoms with van der Waals surface area (Å²) in [6, 6.07) is 0.0652. The minimum Gasteiger partial charge on any atom is -0.461 e. The summed E-state index contributed by atoms with van der Waals surface area (Å²) in [5.74, 6) is -0.126. The first-order chi connectivity index (χ1) is 15.9. The fraction of sp³-hybridized carbons (Fsp3) is 0.696. The summed E-state index contributed by atoms with van der Waals surface area (Å²) in [6.45, 7) is 3.12. The molecule has 2 atom stereocenters. The molecule has 0 radical (unpaired) electrons. The first kappa shape index (κ1) is 21.7. The number of hydrogen-bond donors (Lipinski definition) is 1. The van der Waals surface area contributed by atoms with Crippen LogP contribution in [0.15, 0.2) is 6.20 Å². The molecule has 178 valence electrons. The number of piperidine rings is 1. The summed E-state index contributed by atoms with van der Waals surface area (Å²) in [5.41, 5.74) is -0.163. The number of fused-ring (bicyclic) bond motifs is 2. The van der Waals surface area contributed by atoms with Gasteiger partial charge in [0.15, 0.2) is 11.0 Å². The number of aliphatic hydroxyl groups is 1. The van der Waals surface area contributed by atoms with Crippen LogP contribution in [-0.2, 0) is 0 Å². The van der Waals surface area contributed by atoms with Gasteiger partial charge in [-0.3, -0.25) is 4.90 Å². The van der Waals surface area contributed by atoms with Crippen LogP contribution in [0.25, 0.3) is 10.9 Å². The lowest BCUT2D eigenvalue weighted by Crippen LogP contribution is -2.52. The second-order valence-electron chi connectivity index (χ2n) is 10.4. The van der Waals surface area contributed by atoms with Crippen LogP contribution in [0.4, 0.5) is 14.6 Å². The highest BCUT2D eigenvalue weighted by Crippen LogP contribution is 2.49. The van der Waals surface area contributed by atoms with E-state index in [-0.39, 0.29) is 40.3 Å². The molecule has 1 spiro atoms. The van der Waals surface area contributed by atoms with E-state index in [1.54, 1.807) is 6.20 Å². The van der Waals surface area contributed by atoms with E-state index in [0.717, 1.165) is 58.2 Å². The third kappa shape index (κ3) is 3.63. The maximum atomic E-state index is 15.0. The fourth-order valence-corrected chi connectivity index (χ4v) is 6.79. The highest BCUT2D eigenvalue weighted by Gasteiger charge is 2.49. The van der Waals surface area contributed by atoms with Gasteiger partial charge in [-0.05, 0) is 50.5 Å². The van der Waals surface area contributed by atoms with Crippen molar-refractivity contribution in [2.24, 2.45) is 5.41 Å². The molecule has 6 rings (SSSR count). The molecule has 0 unspecified atom stereocenters. The molecular formula is C23H28ClF2N5O2. The molecule has 1 saturated carbocycles. The number of rotatable bonds is 4. The molecule has 4 aliphatic rings. The van der Waals surface area contributed by atoms with Crippen molar-refractivity contribution in [3.8, 4) is 6.01 Å². The Bertz CT molecular complexity index is 1080. The predicted molar refractivity (Wildman–Crippen MR) is 120 cm³/mol. The SMILES string of the molecule is OC1CC2(CCCN(c3nc(Cl)c(F)c4nc(OC[C@@]56CCCN5C[C@H](F)C6)ncc34)C2)C1. The summed E-state index contributed by atoms with van der Waals surface area (Å²) in [6.07, 6.45) is 6.41. The zero-order valence-electron chi connectivity index (χ0n) is 18.4. The lowest BCUT2D eigenvalue weighted by atomic mass is 9.62. The lowest BCUT2D eigenvalue weighted by molar-refractivity contribution is -0.0396. The summed E-state index contributed by atoms with van der Waals surface area (Å²) < 4.78 is 34.9. The smallest absolute Gasteiger partial charge is 0.317 e. The number of anilines is 1. The van der Waals surface area contributed by atoms with Gasteiger partial charge >= 0.3 is 6.01 Å². The van der Waals surface area contributed by atoms with Crippen molar-refractivity contribution >= 4 is 28.3 Å². The van der Waals surface area contributed by atoms with Crippen molar-refractivity contribution in [3.63, 3.8) is 0 Å². The lowest BCUT2D eigenvalue weighted by Gasteiger charge is -2.51. The van der Waals surface area contributed by atoms with Gasteiger partial charge in [0.2, 0.25) is 0 Å². The number of halogens is 3. The van der Waals surface area contributed by atoms with E-state index in [9.17, 15) is 13.9 Å². The minimum atomic E-state index is -0.846. The number of ether oxygens (including phenoxy) is 1. The van der Waals surface area contributed by atoms with Gasteiger partial charge in [0.1, 0.15) is 24.1 Å². The van der Waals surface area contributed by atoms with E-state index >= 15 is 0 Å². The fourth-order valence-electron chi connectivity index (χ4n) is 6.62. The quantitative estimate of drug-likeness (QED) is 0.672. The number of aromatic nitrogens is 3. The van der Waals surface area contributed by atoms with E-state index in [1.807, 2.05) is 0 Å². The molecular weight excluding hydrogens is 452 g/mol. The normalized spacial score (nSPS) is 34.1. The molecule has 0 amide bonds. The van der Waals surface area contributed by atoms with E-state index in [0.29, 0.717) is 24.2 Å². The van der Waals surface area contributed by atoms with Crippen LogP contribution in [-0.4, -0.2) is 75.6 Å². The summed E-state index contributed by atoms with van der Waals surface area (Å²) in [4.78, 5) is 17.3. The highest BCUT2D eigenvalue weighted by atomic mass is 35.5. The van der Waals surface area contributed by atoms with Crippen molar-refractivity contribution in [2.45, 2.75) is 62.8 Å². The summed E-state index contributed by atoms with van der Waals surface area (Å²) in [5, 5.41) is 10.1. The molecule has 2 aromatic heterocycles. The Hall–Kier alpha value is -1.84. The van der Waals surface area contributed by atoms with Gasteiger partial charge in [-0.2, -0.15) is 4.98 Å². The molecule has 0 bridgehead atoms. The Morgan fingerprint density at radius 3 is 2.82 bits per heavy atom. The molecule has 3 saturated heterocycles. The Labute approximate surface area is 196 Å². The number of hydrogen-bond acceptors (Lipinski definition) is 7. The highest BCUT2D eigenvalue weighted by molar-refractivity contribution is 6.30. The van der Waals surface area contributed by atoms with E-state index in [2.05, 4.69) is 24.8 Å². The number of alkyl halides is 1. The molecule has 3 aliphatic heterocycles. The Balaban J connectivity index is 1.28. The summed E-state index contributed by atoms with van der Waals surface area (Å²) >= 11 is 6.17. The zero-order valence-corrected chi connectivity index (χ0v) is 19.2. The van der Waals surface area contributed by atoms with Gasteiger partial charge in [0.05, 0.1) is 17.0 Å². The monoisotopic (exact) mass is 479 g/mol. The molecule has 0 aromatic carbocycles. The first-order valence-electron chi connectivity index (χ1n) is 11.8. The van der Waals surface area contributed by atoms with Gasteiger partial charge in [-0.15, -0.1) is 0 Å². The van der Waals surface area contributed by atoms with Crippen LogP contribution in [0.2, 0.25) is 5.15 Å². The van der Waals surface area contributed by atoms with Crippen LogP contribution in [0.1, 0.15) is 44.9 Å². The summed E-state index contributed by atoms with van der Waals surface area (Å²) in [7, 11) is 0.